The minimum absolute atomic E-state index is 0.181. The second kappa shape index (κ2) is 7.48. The summed E-state index contributed by atoms with van der Waals surface area (Å²) in [4.78, 5) is 24.5. The van der Waals surface area contributed by atoms with Crippen LogP contribution in [0.1, 0.15) is 0 Å². The number of anilines is 1. The molecule has 28 heavy (non-hydrogen) atoms. The molecule has 3 heterocycles. The number of aliphatic hydroxyl groups is 2. The molecule has 0 amide bonds. The highest BCUT2D eigenvalue weighted by molar-refractivity contribution is 7.25. The summed E-state index contributed by atoms with van der Waals surface area (Å²) in [5.41, 5.74) is 1.86. The smallest absolute Gasteiger partial charge is 0.275 e. The number of nitrogens with zero attached hydrogens (tertiary/aromatic N) is 4. The molecule has 0 spiro atoms. The van der Waals surface area contributed by atoms with Gasteiger partial charge in [-0.25, -0.2) is 9.97 Å². The summed E-state index contributed by atoms with van der Waals surface area (Å²) >= 11 is 7.22. The van der Waals surface area contributed by atoms with Crippen molar-refractivity contribution in [3.8, 4) is 5.69 Å². The molecule has 7 nitrogen and oxygen atoms in total. The Morgan fingerprint density at radius 3 is 2.71 bits per heavy atom. The third kappa shape index (κ3) is 3.24. The van der Waals surface area contributed by atoms with E-state index in [0.717, 1.165) is 11.1 Å². The summed E-state index contributed by atoms with van der Waals surface area (Å²) in [5, 5.41) is 20.2. The van der Waals surface area contributed by atoms with Gasteiger partial charge in [-0.05, 0) is 30.3 Å². The lowest BCUT2D eigenvalue weighted by atomic mass is 10.2. The Balaban J connectivity index is 1.89. The molecule has 2 N–H and O–H groups in total. The number of likely N-dealkylation sites (N-methyl/N-ethyl adjacent to an activating group) is 1. The highest BCUT2D eigenvalue weighted by Crippen LogP contribution is 2.35. The Morgan fingerprint density at radius 1 is 1.25 bits per heavy atom. The average Bonchev–Trinajstić information content (AvgIpc) is 3.08. The first-order valence-corrected chi connectivity index (χ1v) is 9.74. The van der Waals surface area contributed by atoms with Gasteiger partial charge in [0, 0.05) is 24.8 Å². The van der Waals surface area contributed by atoms with Gasteiger partial charge in [-0.1, -0.05) is 11.6 Å². The number of hydrogen-bond acceptors (Lipinski definition) is 7. The van der Waals surface area contributed by atoms with E-state index >= 15 is 0 Å². The van der Waals surface area contributed by atoms with Gasteiger partial charge in [-0.3, -0.25) is 9.36 Å². The first-order valence-electron chi connectivity index (χ1n) is 8.54. The largest absolute Gasteiger partial charge is 0.394 e. The molecule has 0 saturated heterocycles. The molecule has 1 aromatic carbocycles. The third-order valence-corrected chi connectivity index (χ3v) is 5.80. The van der Waals surface area contributed by atoms with E-state index in [9.17, 15) is 9.90 Å². The van der Waals surface area contributed by atoms with Crippen LogP contribution in [0.3, 0.4) is 0 Å². The quantitative estimate of drug-likeness (QED) is 0.519. The lowest BCUT2D eigenvalue weighted by Crippen LogP contribution is -2.31. The van der Waals surface area contributed by atoms with Crippen molar-refractivity contribution in [1.82, 2.24) is 14.5 Å². The van der Waals surface area contributed by atoms with Crippen molar-refractivity contribution in [2.45, 2.75) is 6.10 Å². The number of halogens is 1. The molecule has 1 atom stereocenters. The summed E-state index contributed by atoms with van der Waals surface area (Å²) in [6, 6.07) is 8.78. The molecule has 144 valence electrons. The first-order chi connectivity index (χ1) is 13.5. The number of thiophene rings is 1. The second-order valence-electron chi connectivity index (χ2n) is 6.40. The molecule has 0 radical (unpaired) electrons. The molecular formula is C19H17ClN4O3S. The van der Waals surface area contributed by atoms with E-state index < -0.39 is 6.10 Å². The molecule has 0 bridgehead atoms. The van der Waals surface area contributed by atoms with Gasteiger partial charge in [-0.2, -0.15) is 0 Å². The van der Waals surface area contributed by atoms with Crippen LogP contribution in [0.2, 0.25) is 5.02 Å². The molecule has 0 saturated carbocycles. The average molecular weight is 417 g/mol. The van der Waals surface area contributed by atoms with Crippen LogP contribution in [0.5, 0.6) is 0 Å². The Morgan fingerprint density at radius 2 is 2.00 bits per heavy atom. The van der Waals surface area contributed by atoms with E-state index in [0.29, 0.717) is 25.8 Å². The standard InChI is InChI=1S/C19H17ClN4O3S/c1-23(8-13(26)9-25)14-6-7-21-18-15(14)16-17(28-18)19(27)24(10-22-16)12-4-2-11(20)3-5-12/h2-7,10,13,25-26H,8-9H2,1H3. The van der Waals surface area contributed by atoms with Crippen LogP contribution < -0.4 is 10.5 Å². The summed E-state index contributed by atoms with van der Waals surface area (Å²) in [6.07, 6.45) is 2.29. The van der Waals surface area contributed by atoms with Crippen LogP contribution in [-0.4, -0.2) is 51.1 Å². The SMILES string of the molecule is CN(CC(O)CO)c1ccnc2sc3c(=O)n(-c4ccc(Cl)cc4)cnc3c12. The van der Waals surface area contributed by atoms with E-state index in [1.165, 1.54) is 22.2 Å². The van der Waals surface area contributed by atoms with Crippen LogP contribution in [0.15, 0.2) is 47.7 Å². The molecule has 0 aliphatic heterocycles. The van der Waals surface area contributed by atoms with Crippen LogP contribution in [0.25, 0.3) is 26.1 Å². The first kappa shape index (κ1) is 18.8. The van der Waals surface area contributed by atoms with Crippen molar-refractivity contribution in [3.63, 3.8) is 0 Å². The van der Waals surface area contributed by atoms with Gasteiger partial charge in [0.2, 0.25) is 0 Å². The predicted octanol–water partition coefficient (Wildman–Crippen LogP) is 2.44. The fourth-order valence-corrected chi connectivity index (χ4v) is 4.29. The number of fused-ring (bicyclic) bond motifs is 3. The maximum absolute atomic E-state index is 13.1. The normalized spacial score (nSPS) is 12.6. The Kier molecular flexibility index (Phi) is 5.03. The lowest BCUT2D eigenvalue weighted by molar-refractivity contribution is 0.101. The molecular weight excluding hydrogens is 400 g/mol. The second-order valence-corrected chi connectivity index (χ2v) is 7.84. The predicted molar refractivity (Wildman–Crippen MR) is 112 cm³/mol. The van der Waals surface area contributed by atoms with Gasteiger partial charge >= 0.3 is 0 Å². The fraction of sp³-hybridized carbons (Fsp3) is 0.211. The molecule has 0 aliphatic carbocycles. The van der Waals surface area contributed by atoms with Crippen molar-refractivity contribution in [2.75, 3.05) is 25.1 Å². The molecule has 4 rings (SSSR count). The zero-order chi connectivity index (χ0) is 19.8. The summed E-state index contributed by atoms with van der Waals surface area (Å²) in [6.45, 7) is -0.0816. The highest BCUT2D eigenvalue weighted by atomic mass is 35.5. The Bertz CT molecular complexity index is 1210. The van der Waals surface area contributed by atoms with E-state index in [-0.39, 0.29) is 18.7 Å². The number of rotatable bonds is 5. The summed E-state index contributed by atoms with van der Waals surface area (Å²) < 4.78 is 1.98. The van der Waals surface area contributed by atoms with Gasteiger partial charge in [0.1, 0.15) is 21.4 Å². The van der Waals surface area contributed by atoms with E-state index in [2.05, 4.69) is 9.97 Å². The number of aromatic nitrogens is 3. The maximum Gasteiger partial charge on any atom is 0.275 e. The van der Waals surface area contributed by atoms with Crippen molar-refractivity contribution in [1.29, 1.82) is 0 Å². The molecule has 1 unspecified atom stereocenters. The topological polar surface area (TPSA) is 91.5 Å². The fourth-order valence-electron chi connectivity index (χ4n) is 3.11. The molecule has 0 fully saturated rings. The van der Waals surface area contributed by atoms with Crippen LogP contribution in [0.4, 0.5) is 5.69 Å². The van der Waals surface area contributed by atoms with E-state index in [1.807, 2.05) is 18.0 Å². The van der Waals surface area contributed by atoms with Crippen molar-refractivity contribution >= 4 is 49.1 Å². The monoisotopic (exact) mass is 416 g/mol. The zero-order valence-electron chi connectivity index (χ0n) is 14.9. The molecule has 0 aliphatic rings. The lowest BCUT2D eigenvalue weighted by Gasteiger charge is -2.22. The van der Waals surface area contributed by atoms with Gasteiger partial charge in [0.05, 0.1) is 29.5 Å². The third-order valence-electron chi connectivity index (χ3n) is 4.47. The summed E-state index contributed by atoms with van der Waals surface area (Å²) in [7, 11) is 1.81. The summed E-state index contributed by atoms with van der Waals surface area (Å²) in [5.74, 6) is 0. The van der Waals surface area contributed by atoms with Gasteiger partial charge in [0.15, 0.2) is 0 Å². The highest BCUT2D eigenvalue weighted by Gasteiger charge is 2.19. The van der Waals surface area contributed by atoms with Gasteiger partial charge in [-0.15, -0.1) is 11.3 Å². The van der Waals surface area contributed by atoms with Crippen molar-refractivity contribution in [2.24, 2.45) is 0 Å². The van der Waals surface area contributed by atoms with Crippen LogP contribution in [-0.2, 0) is 0 Å². The van der Waals surface area contributed by atoms with Crippen LogP contribution in [0, 0.1) is 0 Å². The molecule has 9 heteroatoms. The molecule has 3 aromatic heterocycles. The van der Waals surface area contributed by atoms with Crippen molar-refractivity contribution in [3.05, 3.63) is 58.2 Å². The van der Waals surface area contributed by atoms with E-state index in [4.69, 9.17) is 16.7 Å². The number of aliphatic hydroxyl groups excluding tert-OH is 2. The molecule has 4 aromatic rings. The van der Waals surface area contributed by atoms with Crippen molar-refractivity contribution < 1.29 is 10.2 Å². The Hall–Kier alpha value is -2.52. The number of pyridine rings is 1. The number of hydrogen-bond donors (Lipinski definition) is 2. The minimum Gasteiger partial charge on any atom is -0.394 e. The van der Waals surface area contributed by atoms with Gasteiger partial charge < -0.3 is 15.1 Å². The van der Waals surface area contributed by atoms with Gasteiger partial charge in [0.25, 0.3) is 5.56 Å². The maximum atomic E-state index is 13.1. The van der Waals surface area contributed by atoms with E-state index in [1.54, 1.807) is 30.5 Å². The number of benzene rings is 1. The Labute approximate surface area is 169 Å². The minimum atomic E-state index is -0.867. The zero-order valence-corrected chi connectivity index (χ0v) is 16.5. The van der Waals surface area contributed by atoms with Crippen LogP contribution >= 0.6 is 22.9 Å².